The van der Waals surface area contributed by atoms with E-state index in [9.17, 15) is 4.39 Å². The quantitative estimate of drug-likeness (QED) is 0.745. The standard InChI is InChI=1S/C11H13FN2O/c1-7(2)10-6-15-11(14-10)9-4-3-8(12)5-13-9/h3-5,7,10H,6H2,1-2H3/t10-/m1/s1. The molecule has 0 unspecified atom stereocenters. The Hall–Kier alpha value is -1.45. The second-order valence-corrected chi connectivity index (χ2v) is 3.92. The van der Waals surface area contributed by atoms with E-state index in [0.29, 0.717) is 24.1 Å². The summed E-state index contributed by atoms with van der Waals surface area (Å²) < 4.78 is 18.1. The van der Waals surface area contributed by atoms with Crippen molar-refractivity contribution in [2.24, 2.45) is 10.9 Å². The van der Waals surface area contributed by atoms with Crippen molar-refractivity contribution >= 4 is 5.90 Å². The molecule has 0 amide bonds. The van der Waals surface area contributed by atoms with Crippen LogP contribution in [0.4, 0.5) is 4.39 Å². The van der Waals surface area contributed by atoms with Crippen LogP contribution in [0.2, 0.25) is 0 Å². The highest BCUT2D eigenvalue weighted by Crippen LogP contribution is 2.16. The van der Waals surface area contributed by atoms with E-state index in [1.165, 1.54) is 12.3 Å². The van der Waals surface area contributed by atoms with Crippen LogP contribution in [0.25, 0.3) is 0 Å². The fraction of sp³-hybridized carbons (Fsp3) is 0.455. The van der Waals surface area contributed by atoms with Crippen LogP contribution < -0.4 is 0 Å². The number of hydrogen-bond donors (Lipinski definition) is 0. The van der Waals surface area contributed by atoms with Crippen molar-refractivity contribution in [1.82, 2.24) is 4.98 Å². The Bertz CT molecular complexity index is 373. The van der Waals surface area contributed by atoms with Crippen LogP contribution in [0.5, 0.6) is 0 Å². The SMILES string of the molecule is CC(C)[C@H]1COC(c2ccc(F)cn2)=N1. The van der Waals surface area contributed by atoms with Crippen LogP contribution in [0.3, 0.4) is 0 Å². The van der Waals surface area contributed by atoms with Gasteiger partial charge < -0.3 is 4.74 Å². The molecule has 1 aromatic heterocycles. The van der Waals surface area contributed by atoms with Crippen molar-refractivity contribution in [2.75, 3.05) is 6.61 Å². The lowest BCUT2D eigenvalue weighted by Gasteiger charge is -2.06. The highest BCUT2D eigenvalue weighted by Gasteiger charge is 2.23. The van der Waals surface area contributed by atoms with Gasteiger partial charge in [0.25, 0.3) is 0 Å². The normalized spacial score (nSPS) is 20.3. The molecule has 4 heteroatoms. The van der Waals surface area contributed by atoms with E-state index in [2.05, 4.69) is 23.8 Å². The van der Waals surface area contributed by atoms with Gasteiger partial charge in [-0.3, -0.25) is 0 Å². The summed E-state index contributed by atoms with van der Waals surface area (Å²) in [5, 5.41) is 0. The van der Waals surface area contributed by atoms with Gasteiger partial charge in [-0.05, 0) is 18.1 Å². The molecule has 0 fully saturated rings. The maximum absolute atomic E-state index is 12.6. The lowest BCUT2D eigenvalue weighted by atomic mass is 10.1. The van der Waals surface area contributed by atoms with E-state index in [0.717, 1.165) is 0 Å². The third-order valence-electron chi connectivity index (χ3n) is 2.39. The minimum Gasteiger partial charge on any atom is -0.474 e. The van der Waals surface area contributed by atoms with Crippen molar-refractivity contribution < 1.29 is 9.13 Å². The van der Waals surface area contributed by atoms with Gasteiger partial charge >= 0.3 is 0 Å². The molecular formula is C11H13FN2O. The molecule has 1 aromatic rings. The van der Waals surface area contributed by atoms with Gasteiger partial charge in [-0.2, -0.15) is 0 Å². The zero-order valence-corrected chi connectivity index (χ0v) is 8.77. The number of aromatic nitrogens is 1. The molecule has 0 aromatic carbocycles. The second kappa shape index (κ2) is 3.96. The number of pyridine rings is 1. The van der Waals surface area contributed by atoms with E-state index in [4.69, 9.17) is 4.74 Å². The molecule has 2 rings (SSSR count). The number of rotatable bonds is 2. The largest absolute Gasteiger partial charge is 0.474 e. The first kappa shape index (κ1) is 10.1. The van der Waals surface area contributed by atoms with E-state index < -0.39 is 0 Å². The Morgan fingerprint density at radius 3 is 2.80 bits per heavy atom. The Morgan fingerprint density at radius 2 is 2.27 bits per heavy atom. The number of nitrogens with zero attached hydrogens (tertiary/aromatic N) is 2. The second-order valence-electron chi connectivity index (χ2n) is 3.92. The molecular weight excluding hydrogens is 195 g/mol. The molecule has 0 bridgehead atoms. The lowest BCUT2D eigenvalue weighted by molar-refractivity contribution is 0.291. The molecule has 0 spiro atoms. The van der Waals surface area contributed by atoms with Gasteiger partial charge in [-0.25, -0.2) is 14.4 Å². The molecule has 1 aliphatic heterocycles. The molecule has 2 heterocycles. The molecule has 15 heavy (non-hydrogen) atoms. The smallest absolute Gasteiger partial charge is 0.235 e. The van der Waals surface area contributed by atoms with Crippen molar-refractivity contribution in [3.63, 3.8) is 0 Å². The van der Waals surface area contributed by atoms with Crippen LogP contribution in [0.15, 0.2) is 23.3 Å². The predicted octanol–water partition coefficient (Wildman–Crippen LogP) is 2.02. The molecule has 0 radical (unpaired) electrons. The summed E-state index contributed by atoms with van der Waals surface area (Å²) in [5.41, 5.74) is 0.597. The highest BCUT2D eigenvalue weighted by molar-refractivity contribution is 5.93. The molecule has 80 valence electrons. The molecule has 0 saturated carbocycles. The molecule has 3 nitrogen and oxygen atoms in total. The Morgan fingerprint density at radius 1 is 1.47 bits per heavy atom. The average molecular weight is 208 g/mol. The van der Waals surface area contributed by atoms with E-state index in [1.54, 1.807) is 6.07 Å². The summed E-state index contributed by atoms with van der Waals surface area (Å²) in [6.07, 6.45) is 1.17. The first-order valence-corrected chi connectivity index (χ1v) is 4.99. The molecule has 1 atom stereocenters. The summed E-state index contributed by atoms with van der Waals surface area (Å²) >= 11 is 0. The summed E-state index contributed by atoms with van der Waals surface area (Å²) in [6.45, 7) is 4.78. The van der Waals surface area contributed by atoms with Crippen LogP contribution in [0.1, 0.15) is 19.5 Å². The van der Waals surface area contributed by atoms with Crippen LogP contribution in [0, 0.1) is 11.7 Å². The van der Waals surface area contributed by atoms with Crippen molar-refractivity contribution in [1.29, 1.82) is 0 Å². The molecule has 1 aliphatic rings. The van der Waals surface area contributed by atoms with Gasteiger partial charge in [-0.15, -0.1) is 0 Å². The highest BCUT2D eigenvalue weighted by atomic mass is 19.1. The van der Waals surface area contributed by atoms with Gasteiger partial charge in [0.15, 0.2) is 0 Å². The monoisotopic (exact) mass is 208 g/mol. The van der Waals surface area contributed by atoms with Crippen molar-refractivity contribution in [3.8, 4) is 0 Å². The number of halogens is 1. The van der Waals surface area contributed by atoms with Crippen LogP contribution >= 0.6 is 0 Å². The Labute approximate surface area is 88.0 Å². The van der Waals surface area contributed by atoms with Gasteiger partial charge in [0.2, 0.25) is 5.90 Å². The molecule has 0 saturated heterocycles. The van der Waals surface area contributed by atoms with Gasteiger partial charge in [0.1, 0.15) is 18.1 Å². The number of ether oxygens (including phenoxy) is 1. The van der Waals surface area contributed by atoms with Gasteiger partial charge in [0, 0.05) is 0 Å². The summed E-state index contributed by atoms with van der Waals surface area (Å²) in [4.78, 5) is 8.32. The fourth-order valence-corrected chi connectivity index (χ4v) is 1.37. The minimum absolute atomic E-state index is 0.187. The maximum atomic E-state index is 12.6. The fourth-order valence-electron chi connectivity index (χ4n) is 1.37. The van der Waals surface area contributed by atoms with E-state index >= 15 is 0 Å². The maximum Gasteiger partial charge on any atom is 0.235 e. The summed E-state index contributed by atoms with van der Waals surface area (Å²) in [7, 11) is 0. The Kier molecular flexibility index (Phi) is 2.66. The van der Waals surface area contributed by atoms with E-state index in [-0.39, 0.29) is 11.9 Å². The van der Waals surface area contributed by atoms with Crippen molar-refractivity contribution in [2.45, 2.75) is 19.9 Å². The minimum atomic E-state index is -0.349. The average Bonchev–Trinajstić information content (AvgIpc) is 2.68. The zero-order valence-electron chi connectivity index (χ0n) is 8.77. The lowest BCUT2D eigenvalue weighted by Crippen LogP contribution is -2.13. The Balaban J connectivity index is 2.19. The van der Waals surface area contributed by atoms with Crippen LogP contribution in [-0.4, -0.2) is 23.5 Å². The number of hydrogen-bond acceptors (Lipinski definition) is 3. The topological polar surface area (TPSA) is 34.5 Å². The van der Waals surface area contributed by atoms with E-state index in [1.807, 2.05) is 0 Å². The summed E-state index contributed by atoms with van der Waals surface area (Å²) in [5.74, 6) is 0.620. The molecule has 0 N–H and O–H groups in total. The third-order valence-corrected chi connectivity index (χ3v) is 2.39. The van der Waals surface area contributed by atoms with Crippen molar-refractivity contribution in [3.05, 3.63) is 29.8 Å². The van der Waals surface area contributed by atoms with Crippen LogP contribution in [-0.2, 0) is 4.74 Å². The predicted molar refractivity (Wildman–Crippen MR) is 55.3 cm³/mol. The third kappa shape index (κ3) is 2.14. The zero-order chi connectivity index (χ0) is 10.8. The molecule has 0 aliphatic carbocycles. The van der Waals surface area contributed by atoms with Gasteiger partial charge in [0.05, 0.1) is 12.2 Å². The number of aliphatic imine (C=N–C) groups is 1. The first-order valence-electron chi connectivity index (χ1n) is 4.99. The van der Waals surface area contributed by atoms with Gasteiger partial charge in [-0.1, -0.05) is 13.8 Å². The summed E-state index contributed by atoms with van der Waals surface area (Å²) in [6, 6.07) is 3.13. The first-order chi connectivity index (χ1) is 7.16.